The Labute approximate surface area is 108 Å². The molecule has 0 fully saturated rings. The lowest BCUT2D eigenvalue weighted by Crippen LogP contribution is -2.06. The van der Waals surface area contributed by atoms with Gasteiger partial charge < -0.3 is 5.11 Å². The van der Waals surface area contributed by atoms with Crippen molar-refractivity contribution in [2.75, 3.05) is 6.61 Å². The number of hydrogen-bond donors (Lipinski definition) is 1. The summed E-state index contributed by atoms with van der Waals surface area (Å²) in [6, 6.07) is 3.46. The van der Waals surface area contributed by atoms with Gasteiger partial charge in [-0.25, -0.2) is 9.97 Å². The molecule has 0 aliphatic heterocycles. The quantitative estimate of drug-likeness (QED) is 0.932. The van der Waals surface area contributed by atoms with Crippen molar-refractivity contribution in [1.82, 2.24) is 9.97 Å². The molecule has 0 radical (unpaired) electrons. The molecule has 1 aromatic carbocycles. The highest BCUT2D eigenvalue weighted by molar-refractivity contribution is 5.81. The summed E-state index contributed by atoms with van der Waals surface area (Å²) in [7, 11) is 0. The Morgan fingerprint density at radius 2 is 1.95 bits per heavy atom. The molecule has 1 N–H and O–H groups in total. The van der Waals surface area contributed by atoms with Crippen LogP contribution in [0, 0.1) is 6.92 Å². The number of aliphatic hydroxyl groups excluding tert-OH is 1. The van der Waals surface area contributed by atoms with Gasteiger partial charge in [-0.2, -0.15) is 13.2 Å². The van der Waals surface area contributed by atoms with E-state index in [1.54, 1.807) is 6.92 Å². The zero-order chi connectivity index (χ0) is 14.0. The first-order valence-electron chi connectivity index (χ1n) is 5.87. The van der Waals surface area contributed by atoms with Gasteiger partial charge in [0.05, 0.1) is 11.1 Å². The van der Waals surface area contributed by atoms with Crippen molar-refractivity contribution in [1.29, 1.82) is 0 Å². The highest BCUT2D eigenvalue weighted by Gasteiger charge is 2.30. The number of rotatable bonds is 3. The maximum Gasteiger partial charge on any atom is 0.416 e. The van der Waals surface area contributed by atoms with Gasteiger partial charge in [0.2, 0.25) is 0 Å². The Bertz CT molecular complexity index is 596. The Morgan fingerprint density at radius 3 is 2.58 bits per heavy atom. The van der Waals surface area contributed by atoms with Crippen LogP contribution in [0.1, 0.15) is 23.5 Å². The number of benzene rings is 1. The van der Waals surface area contributed by atoms with E-state index in [4.69, 9.17) is 5.11 Å². The fraction of sp³-hybridized carbons (Fsp3) is 0.385. The molecule has 0 saturated heterocycles. The molecule has 1 aromatic heterocycles. The van der Waals surface area contributed by atoms with Gasteiger partial charge >= 0.3 is 6.18 Å². The van der Waals surface area contributed by atoms with Gasteiger partial charge in [0, 0.05) is 24.1 Å². The molecule has 2 aromatic rings. The lowest BCUT2D eigenvalue weighted by molar-refractivity contribution is -0.137. The van der Waals surface area contributed by atoms with Gasteiger partial charge in [-0.1, -0.05) is 6.07 Å². The van der Waals surface area contributed by atoms with Gasteiger partial charge in [-0.15, -0.1) is 0 Å². The van der Waals surface area contributed by atoms with Gasteiger partial charge in [0.15, 0.2) is 0 Å². The van der Waals surface area contributed by atoms with Crippen LogP contribution in [0.4, 0.5) is 13.2 Å². The third-order valence-corrected chi connectivity index (χ3v) is 2.82. The van der Waals surface area contributed by atoms with Crippen LogP contribution in [0.2, 0.25) is 0 Å². The second kappa shape index (κ2) is 5.13. The van der Waals surface area contributed by atoms with E-state index in [2.05, 4.69) is 9.97 Å². The van der Waals surface area contributed by atoms with Crippen LogP contribution in [-0.4, -0.2) is 21.7 Å². The van der Waals surface area contributed by atoms with Crippen LogP contribution in [0.15, 0.2) is 18.2 Å². The van der Waals surface area contributed by atoms with E-state index in [9.17, 15) is 13.2 Å². The van der Waals surface area contributed by atoms with Crippen LogP contribution >= 0.6 is 0 Å². The maximum atomic E-state index is 12.6. The summed E-state index contributed by atoms with van der Waals surface area (Å²) >= 11 is 0. The number of hydrogen-bond acceptors (Lipinski definition) is 3. The predicted octanol–water partition coefficient (Wildman–Crippen LogP) is 2.88. The van der Waals surface area contributed by atoms with Crippen LogP contribution in [0.5, 0.6) is 0 Å². The van der Waals surface area contributed by atoms with Gasteiger partial charge in [0.1, 0.15) is 5.82 Å². The molecular weight excluding hydrogens is 257 g/mol. The smallest absolute Gasteiger partial charge is 0.396 e. The minimum absolute atomic E-state index is 0.00301. The van der Waals surface area contributed by atoms with E-state index < -0.39 is 11.7 Å². The maximum absolute atomic E-state index is 12.6. The fourth-order valence-electron chi connectivity index (χ4n) is 1.87. The zero-order valence-corrected chi connectivity index (χ0v) is 10.3. The van der Waals surface area contributed by atoms with E-state index in [0.717, 1.165) is 12.1 Å². The number of alkyl halides is 3. The Kier molecular flexibility index (Phi) is 3.71. The summed E-state index contributed by atoms with van der Waals surface area (Å²) in [4.78, 5) is 8.35. The van der Waals surface area contributed by atoms with E-state index in [1.807, 2.05) is 0 Å². The van der Waals surface area contributed by atoms with Crippen molar-refractivity contribution in [2.45, 2.75) is 25.9 Å². The van der Waals surface area contributed by atoms with E-state index in [1.165, 1.54) is 6.07 Å². The molecule has 0 unspecified atom stereocenters. The lowest BCUT2D eigenvalue weighted by atomic mass is 10.1. The normalized spacial score (nSPS) is 12.1. The van der Waals surface area contributed by atoms with Crippen molar-refractivity contribution in [3.63, 3.8) is 0 Å². The standard InChI is InChI=1S/C13H13F3N2O/c1-8-10-5-4-9(13(14,15)16)7-11(10)18-12(17-8)3-2-6-19/h4-5,7,19H,2-3,6H2,1H3. The SMILES string of the molecule is Cc1nc(CCCO)nc2cc(C(F)(F)F)ccc12. The molecule has 0 atom stereocenters. The lowest BCUT2D eigenvalue weighted by Gasteiger charge is -2.09. The monoisotopic (exact) mass is 270 g/mol. The molecule has 0 amide bonds. The Hall–Kier alpha value is -1.69. The Morgan fingerprint density at radius 1 is 1.21 bits per heavy atom. The summed E-state index contributed by atoms with van der Waals surface area (Å²) < 4.78 is 37.9. The zero-order valence-electron chi connectivity index (χ0n) is 10.3. The molecule has 6 heteroatoms. The second-order valence-electron chi connectivity index (χ2n) is 4.28. The van der Waals surface area contributed by atoms with Crippen LogP contribution in [-0.2, 0) is 12.6 Å². The highest BCUT2D eigenvalue weighted by atomic mass is 19.4. The summed E-state index contributed by atoms with van der Waals surface area (Å²) in [5, 5.41) is 9.37. The molecule has 1 heterocycles. The summed E-state index contributed by atoms with van der Waals surface area (Å²) in [6.07, 6.45) is -3.44. The number of aryl methyl sites for hydroxylation is 2. The van der Waals surface area contributed by atoms with Crippen LogP contribution in [0.25, 0.3) is 10.9 Å². The van der Waals surface area contributed by atoms with E-state index >= 15 is 0 Å². The molecule has 3 nitrogen and oxygen atoms in total. The third-order valence-electron chi connectivity index (χ3n) is 2.82. The van der Waals surface area contributed by atoms with Gasteiger partial charge in [-0.3, -0.25) is 0 Å². The van der Waals surface area contributed by atoms with Crippen molar-refractivity contribution in [2.24, 2.45) is 0 Å². The predicted molar refractivity (Wildman–Crippen MR) is 64.7 cm³/mol. The summed E-state index contributed by atoms with van der Waals surface area (Å²) in [6.45, 7) is 1.74. The second-order valence-corrected chi connectivity index (χ2v) is 4.28. The molecule has 102 valence electrons. The largest absolute Gasteiger partial charge is 0.416 e. The van der Waals surface area contributed by atoms with Crippen molar-refractivity contribution in [3.8, 4) is 0 Å². The molecule has 2 rings (SSSR count). The molecule has 19 heavy (non-hydrogen) atoms. The van der Waals surface area contributed by atoms with Crippen molar-refractivity contribution in [3.05, 3.63) is 35.3 Å². The third kappa shape index (κ3) is 3.01. The highest BCUT2D eigenvalue weighted by Crippen LogP contribution is 2.31. The minimum Gasteiger partial charge on any atom is -0.396 e. The van der Waals surface area contributed by atoms with E-state index in [-0.39, 0.29) is 12.1 Å². The van der Waals surface area contributed by atoms with Crippen LogP contribution < -0.4 is 0 Å². The van der Waals surface area contributed by atoms with Gasteiger partial charge in [0.25, 0.3) is 0 Å². The molecule has 0 aliphatic rings. The number of aliphatic hydroxyl groups is 1. The van der Waals surface area contributed by atoms with Crippen molar-refractivity contribution < 1.29 is 18.3 Å². The average Bonchev–Trinajstić information content (AvgIpc) is 2.34. The summed E-state index contributed by atoms with van der Waals surface area (Å²) in [5.74, 6) is 0.457. The number of nitrogens with zero attached hydrogens (tertiary/aromatic N) is 2. The number of fused-ring (bicyclic) bond motifs is 1. The topological polar surface area (TPSA) is 46.0 Å². The van der Waals surface area contributed by atoms with Crippen molar-refractivity contribution >= 4 is 10.9 Å². The Balaban J connectivity index is 2.50. The number of halogens is 3. The fourth-order valence-corrected chi connectivity index (χ4v) is 1.87. The molecule has 0 saturated carbocycles. The average molecular weight is 270 g/mol. The van der Waals surface area contributed by atoms with Gasteiger partial charge in [-0.05, 0) is 25.5 Å². The van der Waals surface area contributed by atoms with Crippen LogP contribution in [0.3, 0.4) is 0 Å². The molecule has 0 spiro atoms. The first kappa shape index (κ1) is 13.7. The summed E-state index contributed by atoms with van der Waals surface area (Å²) in [5.41, 5.74) is 0.216. The first-order valence-corrected chi connectivity index (χ1v) is 5.87. The molecular formula is C13H13F3N2O. The molecule has 0 bridgehead atoms. The minimum atomic E-state index is -4.38. The van der Waals surface area contributed by atoms with E-state index in [0.29, 0.717) is 29.7 Å². The number of aromatic nitrogens is 2. The molecule has 0 aliphatic carbocycles. The first-order chi connectivity index (χ1) is 8.91.